The predicted octanol–water partition coefficient (Wildman–Crippen LogP) is 2.27. The molecule has 128 valence electrons. The number of nitrogens with one attached hydrogen (secondary N) is 1. The maximum absolute atomic E-state index is 12.3. The maximum Gasteiger partial charge on any atom is 0.264 e. The Hall–Kier alpha value is -1.40. The van der Waals surface area contributed by atoms with Crippen LogP contribution in [0.4, 0.5) is 0 Å². The van der Waals surface area contributed by atoms with Crippen LogP contribution in [0.2, 0.25) is 0 Å². The molecule has 6 heteroatoms. The number of aliphatic hydroxyl groups is 1. The number of hydrogen-bond acceptors (Lipinski definition) is 4. The third-order valence-corrected chi connectivity index (χ3v) is 5.32. The van der Waals surface area contributed by atoms with Gasteiger partial charge in [0.25, 0.3) is 5.91 Å². The molecule has 1 atom stereocenters. The topological polar surface area (TPSA) is 69.6 Å². The van der Waals surface area contributed by atoms with Gasteiger partial charge in [-0.3, -0.25) is 9.59 Å². The Morgan fingerprint density at radius 1 is 1.39 bits per heavy atom. The van der Waals surface area contributed by atoms with Crippen molar-refractivity contribution < 1.29 is 14.7 Å². The van der Waals surface area contributed by atoms with Gasteiger partial charge < -0.3 is 15.3 Å². The van der Waals surface area contributed by atoms with Gasteiger partial charge in [0.1, 0.15) is 0 Å². The van der Waals surface area contributed by atoms with Crippen LogP contribution in [0, 0.1) is 5.92 Å². The largest absolute Gasteiger partial charge is 0.396 e. The van der Waals surface area contributed by atoms with Crippen molar-refractivity contribution >= 4 is 23.2 Å². The molecular formula is C17H26N2O3S. The van der Waals surface area contributed by atoms with Crippen molar-refractivity contribution in [3.05, 3.63) is 22.4 Å². The van der Waals surface area contributed by atoms with Crippen molar-refractivity contribution in [3.8, 4) is 0 Å². The lowest BCUT2D eigenvalue weighted by atomic mass is 9.82. The number of nitrogens with zero attached hydrogens (tertiary/aromatic N) is 1. The van der Waals surface area contributed by atoms with Crippen LogP contribution in [0.25, 0.3) is 0 Å². The second kappa shape index (κ2) is 9.03. The first-order valence-electron chi connectivity index (χ1n) is 8.31. The molecule has 0 spiro atoms. The summed E-state index contributed by atoms with van der Waals surface area (Å²) in [5.41, 5.74) is 0. The molecule has 23 heavy (non-hydrogen) atoms. The highest BCUT2D eigenvalue weighted by atomic mass is 32.1. The van der Waals surface area contributed by atoms with E-state index in [4.69, 9.17) is 0 Å². The molecule has 2 rings (SSSR count). The molecule has 1 unspecified atom stereocenters. The van der Waals surface area contributed by atoms with E-state index in [2.05, 4.69) is 5.32 Å². The maximum atomic E-state index is 12.3. The van der Waals surface area contributed by atoms with E-state index in [1.54, 1.807) is 13.1 Å². The van der Waals surface area contributed by atoms with E-state index in [1.807, 2.05) is 11.4 Å². The summed E-state index contributed by atoms with van der Waals surface area (Å²) in [6, 6.07) is 3.60. The molecule has 0 radical (unpaired) electrons. The van der Waals surface area contributed by atoms with Crippen LogP contribution in [0.1, 0.15) is 48.2 Å². The molecule has 1 saturated carbocycles. The van der Waals surface area contributed by atoms with Crippen molar-refractivity contribution in [2.24, 2.45) is 5.92 Å². The van der Waals surface area contributed by atoms with Crippen molar-refractivity contribution in [1.29, 1.82) is 0 Å². The standard InChI is InChI=1S/C17H26N2O3S/c1-19(17(22)15-8-5-11-23-15)12-16(21)18-14(9-10-20)13-6-3-2-4-7-13/h5,8,11,13-14,20H,2-4,6-7,9-10,12H2,1H3,(H,18,21). The average molecular weight is 338 g/mol. The lowest BCUT2D eigenvalue weighted by Crippen LogP contribution is -2.46. The molecule has 5 nitrogen and oxygen atoms in total. The number of carbonyl (C=O) groups excluding carboxylic acids is 2. The smallest absolute Gasteiger partial charge is 0.264 e. The molecule has 1 heterocycles. The Kier molecular flexibility index (Phi) is 7.05. The summed E-state index contributed by atoms with van der Waals surface area (Å²) in [6.45, 7) is 0.122. The van der Waals surface area contributed by atoms with Crippen molar-refractivity contribution in [2.45, 2.75) is 44.6 Å². The van der Waals surface area contributed by atoms with E-state index in [0.717, 1.165) is 12.8 Å². The van der Waals surface area contributed by atoms with Crippen LogP contribution in [-0.2, 0) is 4.79 Å². The zero-order valence-corrected chi connectivity index (χ0v) is 14.5. The van der Waals surface area contributed by atoms with Crippen LogP contribution < -0.4 is 5.32 Å². The molecule has 1 aliphatic rings. The van der Waals surface area contributed by atoms with Crippen molar-refractivity contribution in [3.63, 3.8) is 0 Å². The molecule has 1 aromatic rings. The summed E-state index contributed by atoms with van der Waals surface area (Å²) in [5, 5.41) is 14.1. The van der Waals surface area contributed by atoms with E-state index in [0.29, 0.717) is 17.2 Å². The van der Waals surface area contributed by atoms with E-state index in [9.17, 15) is 14.7 Å². The molecular weight excluding hydrogens is 312 g/mol. The van der Waals surface area contributed by atoms with Gasteiger partial charge in [-0.25, -0.2) is 0 Å². The van der Waals surface area contributed by atoms with Crippen LogP contribution in [-0.4, -0.2) is 48.1 Å². The summed E-state index contributed by atoms with van der Waals surface area (Å²) in [6.07, 6.45) is 6.44. The summed E-state index contributed by atoms with van der Waals surface area (Å²) in [5.74, 6) is 0.158. The molecule has 0 aliphatic heterocycles. The predicted molar refractivity (Wildman–Crippen MR) is 91.5 cm³/mol. The van der Waals surface area contributed by atoms with E-state index >= 15 is 0 Å². The summed E-state index contributed by atoms with van der Waals surface area (Å²) in [4.78, 5) is 26.5. The number of aliphatic hydroxyl groups excluding tert-OH is 1. The van der Waals surface area contributed by atoms with Crippen LogP contribution in [0.3, 0.4) is 0 Å². The van der Waals surface area contributed by atoms with Crippen molar-refractivity contribution in [1.82, 2.24) is 10.2 Å². The third kappa shape index (κ3) is 5.32. The van der Waals surface area contributed by atoms with Gasteiger partial charge in [-0.05, 0) is 36.6 Å². The Morgan fingerprint density at radius 3 is 2.74 bits per heavy atom. The van der Waals surface area contributed by atoms with Gasteiger partial charge in [-0.2, -0.15) is 0 Å². The fourth-order valence-corrected chi connectivity index (χ4v) is 3.95. The average Bonchev–Trinajstić information content (AvgIpc) is 3.09. The number of carbonyl (C=O) groups is 2. The highest BCUT2D eigenvalue weighted by molar-refractivity contribution is 7.12. The monoisotopic (exact) mass is 338 g/mol. The minimum absolute atomic E-state index is 0.0121. The van der Waals surface area contributed by atoms with Gasteiger partial charge >= 0.3 is 0 Å². The Labute approximate surface area is 141 Å². The Bertz CT molecular complexity index is 498. The number of amides is 2. The second-order valence-electron chi connectivity index (χ2n) is 6.22. The highest BCUT2D eigenvalue weighted by Gasteiger charge is 2.25. The van der Waals surface area contributed by atoms with E-state index in [1.165, 1.54) is 35.5 Å². The third-order valence-electron chi connectivity index (χ3n) is 4.46. The zero-order chi connectivity index (χ0) is 16.7. The lowest BCUT2D eigenvalue weighted by molar-refractivity contribution is -0.122. The number of thiophene rings is 1. The van der Waals surface area contributed by atoms with E-state index in [-0.39, 0.29) is 31.0 Å². The number of likely N-dealkylation sites (N-methyl/N-ethyl adjacent to an activating group) is 1. The quantitative estimate of drug-likeness (QED) is 0.801. The van der Waals surface area contributed by atoms with Crippen LogP contribution in [0.5, 0.6) is 0 Å². The van der Waals surface area contributed by atoms with Gasteiger partial charge in [0, 0.05) is 19.7 Å². The minimum Gasteiger partial charge on any atom is -0.396 e. The first kappa shape index (κ1) is 17.9. The first-order valence-corrected chi connectivity index (χ1v) is 9.19. The molecule has 2 N–H and O–H groups in total. The van der Waals surface area contributed by atoms with Gasteiger partial charge in [0.2, 0.25) is 5.91 Å². The molecule has 1 fully saturated rings. The molecule has 0 aromatic carbocycles. The fourth-order valence-electron chi connectivity index (χ4n) is 3.23. The summed E-state index contributed by atoms with van der Waals surface area (Å²) >= 11 is 1.38. The molecule has 0 saturated heterocycles. The molecule has 2 amide bonds. The molecule has 1 aromatic heterocycles. The van der Waals surface area contributed by atoms with Crippen molar-refractivity contribution in [2.75, 3.05) is 20.2 Å². The van der Waals surface area contributed by atoms with Gasteiger partial charge in [-0.15, -0.1) is 11.3 Å². The Balaban J connectivity index is 1.86. The minimum atomic E-state index is -0.151. The molecule has 1 aliphatic carbocycles. The van der Waals surface area contributed by atoms with Crippen LogP contribution >= 0.6 is 11.3 Å². The van der Waals surface area contributed by atoms with Gasteiger partial charge in [0.05, 0.1) is 11.4 Å². The Morgan fingerprint density at radius 2 is 2.13 bits per heavy atom. The fraction of sp³-hybridized carbons (Fsp3) is 0.647. The SMILES string of the molecule is CN(CC(=O)NC(CCO)C1CCCCC1)C(=O)c1cccs1. The number of hydrogen-bond donors (Lipinski definition) is 2. The van der Waals surface area contributed by atoms with Gasteiger partial charge in [-0.1, -0.05) is 25.3 Å². The first-order chi connectivity index (χ1) is 11.1. The van der Waals surface area contributed by atoms with Gasteiger partial charge in [0.15, 0.2) is 0 Å². The normalized spacial score (nSPS) is 16.8. The summed E-state index contributed by atoms with van der Waals surface area (Å²) in [7, 11) is 1.64. The number of rotatable bonds is 7. The van der Waals surface area contributed by atoms with E-state index < -0.39 is 0 Å². The highest BCUT2D eigenvalue weighted by Crippen LogP contribution is 2.27. The summed E-state index contributed by atoms with van der Waals surface area (Å²) < 4.78 is 0. The molecule has 0 bridgehead atoms. The van der Waals surface area contributed by atoms with Crippen LogP contribution in [0.15, 0.2) is 17.5 Å². The lowest BCUT2D eigenvalue weighted by Gasteiger charge is -2.31. The second-order valence-corrected chi connectivity index (χ2v) is 7.17. The zero-order valence-electron chi connectivity index (χ0n) is 13.7.